The standard InChI is InChI=1S/C19H18BrN3O3/c1-13-4-2-3-5-17(13)22-18(24)14(12-21)10-15-11-16(20)19(26-15)23-6-8-25-9-7-23/h2-5,10-11H,6-9H2,1H3,(H,22,24)/b14-10-. The van der Waals surface area contributed by atoms with Gasteiger partial charge in [0.05, 0.1) is 17.7 Å². The molecular formula is C19H18BrN3O3. The number of hydrogen-bond acceptors (Lipinski definition) is 5. The average Bonchev–Trinajstić information content (AvgIpc) is 3.02. The van der Waals surface area contributed by atoms with Gasteiger partial charge >= 0.3 is 0 Å². The topological polar surface area (TPSA) is 78.5 Å². The van der Waals surface area contributed by atoms with Gasteiger partial charge in [-0.15, -0.1) is 0 Å². The SMILES string of the molecule is Cc1ccccc1NC(=O)/C(C#N)=C\c1cc(Br)c(N2CCOCC2)o1. The van der Waals surface area contributed by atoms with Crippen molar-refractivity contribution in [1.29, 1.82) is 5.26 Å². The lowest BCUT2D eigenvalue weighted by atomic mass is 10.2. The van der Waals surface area contributed by atoms with E-state index >= 15 is 0 Å². The molecule has 1 amide bonds. The Labute approximate surface area is 160 Å². The van der Waals surface area contributed by atoms with E-state index in [1.807, 2.05) is 31.2 Å². The number of para-hydroxylation sites is 1. The third-order valence-corrected chi connectivity index (χ3v) is 4.60. The molecule has 7 heteroatoms. The van der Waals surface area contributed by atoms with Gasteiger partial charge in [0, 0.05) is 30.9 Å². The highest BCUT2D eigenvalue weighted by molar-refractivity contribution is 9.10. The Hall–Kier alpha value is -2.56. The van der Waals surface area contributed by atoms with Crippen LogP contribution >= 0.6 is 15.9 Å². The van der Waals surface area contributed by atoms with Gasteiger partial charge < -0.3 is 19.4 Å². The highest BCUT2D eigenvalue weighted by Gasteiger charge is 2.19. The molecule has 1 fully saturated rings. The minimum Gasteiger partial charge on any atom is -0.440 e. The smallest absolute Gasteiger partial charge is 0.266 e. The van der Waals surface area contributed by atoms with Crippen molar-refractivity contribution in [2.45, 2.75) is 6.92 Å². The van der Waals surface area contributed by atoms with Gasteiger partial charge in [0.2, 0.25) is 5.88 Å². The lowest BCUT2D eigenvalue weighted by molar-refractivity contribution is -0.112. The second-order valence-electron chi connectivity index (χ2n) is 5.84. The second kappa shape index (κ2) is 8.21. The van der Waals surface area contributed by atoms with Crippen LogP contribution in [0.5, 0.6) is 0 Å². The van der Waals surface area contributed by atoms with E-state index in [1.54, 1.807) is 12.1 Å². The van der Waals surface area contributed by atoms with Crippen LogP contribution < -0.4 is 10.2 Å². The molecule has 0 saturated carbocycles. The number of furan rings is 1. The number of rotatable bonds is 4. The maximum absolute atomic E-state index is 12.4. The van der Waals surface area contributed by atoms with Gasteiger partial charge in [0.15, 0.2) is 0 Å². The number of nitriles is 1. The molecule has 1 aliphatic rings. The molecule has 1 N–H and O–H groups in total. The van der Waals surface area contributed by atoms with E-state index in [2.05, 4.69) is 26.1 Å². The zero-order valence-electron chi connectivity index (χ0n) is 14.3. The summed E-state index contributed by atoms with van der Waals surface area (Å²) in [6, 6.07) is 11.1. The quantitative estimate of drug-likeness (QED) is 0.607. The number of amides is 1. The van der Waals surface area contributed by atoms with Gasteiger partial charge in [-0.1, -0.05) is 18.2 Å². The van der Waals surface area contributed by atoms with Crippen molar-refractivity contribution in [2.24, 2.45) is 0 Å². The third kappa shape index (κ3) is 4.15. The molecule has 6 nitrogen and oxygen atoms in total. The number of carbonyl (C=O) groups is 1. The van der Waals surface area contributed by atoms with E-state index in [4.69, 9.17) is 9.15 Å². The first kappa shape index (κ1) is 18.2. The molecule has 0 atom stereocenters. The summed E-state index contributed by atoms with van der Waals surface area (Å²) in [6.45, 7) is 4.63. The molecule has 1 saturated heterocycles. The van der Waals surface area contributed by atoms with Crippen molar-refractivity contribution >= 4 is 39.5 Å². The van der Waals surface area contributed by atoms with Gasteiger partial charge in [0.1, 0.15) is 17.4 Å². The molecule has 1 aromatic heterocycles. The van der Waals surface area contributed by atoms with E-state index in [-0.39, 0.29) is 5.57 Å². The lowest BCUT2D eigenvalue weighted by Gasteiger charge is -2.26. The molecule has 2 heterocycles. The van der Waals surface area contributed by atoms with E-state index in [1.165, 1.54) is 6.08 Å². The first-order valence-electron chi connectivity index (χ1n) is 8.19. The normalized spacial score (nSPS) is 14.8. The molecule has 3 rings (SSSR count). The van der Waals surface area contributed by atoms with Gasteiger partial charge in [-0.3, -0.25) is 4.79 Å². The maximum atomic E-state index is 12.4. The fraction of sp³-hybridized carbons (Fsp3) is 0.263. The number of morpholine rings is 1. The predicted octanol–water partition coefficient (Wildman–Crippen LogP) is 3.73. The molecule has 2 aromatic rings. The number of carbonyl (C=O) groups excluding carboxylic acids is 1. The number of halogens is 1. The van der Waals surface area contributed by atoms with Crippen molar-refractivity contribution in [1.82, 2.24) is 0 Å². The van der Waals surface area contributed by atoms with E-state index < -0.39 is 5.91 Å². The van der Waals surface area contributed by atoms with Gasteiger partial charge in [0.25, 0.3) is 5.91 Å². The van der Waals surface area contributed by atoms with Crippen molar-refractivity contribution in [3.05, 3.63) is 51.7 Å². The Bertz CT molecular complexity index is 876. The van der Waals surface area contributed by atoms with Crippen molar-refractivity contribution in [2.75, 3.05) is 36.5 Å². The van der Waals surface area contributed by atoms with Crippen molar-refractivity contribution in [3.63, 3.8) is 0 Å². The van der Waals surface area contributed by atoms with E-state index in [9.17, 15) is 10.1 Å². The van der Waals surface area contributed by atoms with Gasteiger partial charge in [-0.05, 0) is 34.5 Å². The van der Waals surface area contributed by atoms with Crippen LogP contribution in [0, 0.1) is 18.3 Å². The van der Waals surface area contributed by atoms with Crippen LogP contribution in [0.2, 0.25) is 0 Å². The summed E-state index contributed by atoms with van der Waals surface area (Å²) < 4.78 is 11.9. The first-order chi connectivity index (χ1) is 12.6. The van der Waals surface area contributed by atoms with Crippen LogP contribution in [0.3, 0.4) is 0 Å². The molecule has 26 heavy (non-hydrogen) atoms. The molecule has 0 aliphatic carbocycles. The number of aryl methyl sites for hydroxylation is 1. The zero-order chi connectivity index (χ0) is 18.5. The summed E-state index contributed by atoms with van der Waals surface area (Å²) in [6.07, 6.45) is 1.45. The highest BCUT2D eigenvalue weighted by Crippen LogP contribution is 2.32. The van der Waals surface area contributed by atoms with Gasteiger partial charge in [-0.2, -0.15) is 5.26 Å². The molecule has 0 unspecified atom stereocenters. The van der Waals surface area contributed by atoms with Crippen LogP contribution in [0.1, 0.15) is 11.3 Å². The summed E-state index contributed by atoms with van der Waals surface area (Å²) in [5, 5.41) is 12.1. The first-order valence-corrected chi connectivity index (χ1v) is 8.98. The Balaban J connectivity index is 1.79. The predicted molar refractivity (Wildman–Crippen MR) is 103 cm³/mol. The summed E-state index contributed by atoms with van der Waals surface area (Å²) in [5.74, 6) is 0.647. The summed E-state index contributed by atoms with van der Waals surface area (Å²) in [7, 11) is 0. The van der Waals surface area contributed by atoms with Crippen LogP contribution in [0.25, 0.3) is 6.08 Å². The maximum Gasteiger partial charge on any atom is 0.266 e. The Morgan fingerprint density at radius 1 is 1.35 bits per heavy atom. The Morgan fingerprint density at radius 3 is 2.77 bits per heavy atom. The molecule has 0 spiro atoms. The molecule has 134 valence electrons. The zero-order valence-corrected chi connectivity index (χ0v) is 15.9. The van der Waals surface area contributed by atoms with E-state index in [0.29, 0.717) is 30.5 Å². The van der Waals surface area contributed by atoms with E-state index in [0.717, 1.165) is 23.1 Å². The van der Waals surface area contributed by atoms with Crippen molar-refractivity contribution < 1.29 is 13.9 Å². The van der Waals surface area contributed by atoms with Crippen LogP contribution in [-0.2, 0) is 9.53 Å². The summed E-state index contributed by atoms with van der Waals surface area (Å²) >= 11 is 3.48. The lowest BCUT2D eigenvalue weighted by Crippen LogP contribution is -2.36. The minimum absolute atomic E-state index is 0.0250. The Kier molecular flexibility index (Phi) is 5.76. The molecule has 1 aromatic carbocycles. The number of nitrogens with zero attached hydrogens (tertiary/aromatic N) is 2. The number of hydrogen-bond donors (Lipinski definition) is 1. The van der Waals surface area contributed by atoms with Crippen molar-refractivity contribution in [3.8, 4) is 6.07 Å². The monoisotopic (exact) mass is 415 g/mol. The number of anilines is 2. The highest BCUT2D eigenvalue weighted by atomic mass is 79.9. The molecular weight excluding hydrogens is 398 g/mol. The average molecular weight is 416 g/mol. The van der Waals surface area contributed by atoms with Gasteiger partial charge in [-0.25, -0.2) is 0 Å². The number of benzene rings is 1. The third-order valence-electron chi connectivity index (χ3n) is 4.03. The minimum atomic E-state index is -0.470. The fourth-order valence-corrected chi connectivity index (χ4v) is 3.18. The number of ether oxygens (including phenoxy) is 1. The molecule has 1 aliphatic heterocycles. The van der Waals surface area contributed by atoms with Crippen LogP contribution in [0.4, 0.5) is 11.6 Å². The summed E-state index contributed by atoms with van der Waals surface area (Å²) in [4.78, 5) is 14.5. The second-order valence-corrected chi connectivity index (χ2v) is 6.69. The number of nitrogens with one attached hydrogen (secondary N) is 1. The fourth-order valence-electron chi connectivity index (χ4n) is 2.62. The molecule has 0 bridgehead atoms. The summed E-state index contributed by atoms with van der Waals surface area (Å²) in [5.41, 5.74) is 1.57. The largest absolute Gasteiger partial charge is 0.440 e. The van der Waals surface area contributed by atoms with Crippen LogP contribution in [-0.4, -0.2) is 32.2 Å². The molecule has 0 radical (unpaired) electrons. The Morgan fingerprint density at radius 2 is 2.08 bits per heavy atom. The van der Waals surface area contributed by atoms with Crippen LogP contribution in [0.15, 0.2) is 44.8 Å².